The highest BCUT2D eigenvalue weighted by atomic mass is 32.1. The van der Waals surface area contributed by atoms with E-state index >= 15 is 0 Å². The number of carbonyl (C=O) groups is 1. The van der Waals surface area contributed by atoms with Gasteiger partial charge in [0.15, 0.2) is 10.9 Å². The number of hydrogen-bond acceptors (Lipinski definition) is 7. The van der Waals surface area contributed by atoms with Gasteiger partial charge in [-0.25, -0.2) is 4.79 Å². The first-order valence-electron chi connectivity index (χ1n) is 9.35. The zero-order valence-corrected chi connectivity index (χ0v) is 17.7. The number of anilines is 1. The molecule has 9 nitrogen and oxygen atoms in total. The molecule has 1 heterocycles. The summed E-state index contributed by atoms with van der Waals surface area (Å²) >= 11 is 5.54. The van der Waals surface area contributed by atoms with Crippen molar-refractivity contribution in [2.45, 2.75) is 13.0 Å². The smallest absolute Gasteiger partial charge is 0.338 e. The zero-order chi connectivity index (χ0) is 22.5. The Morgan fingerprint density at radius 1 is 1.26 bits per heavy atom. The van der Waals surface area contributed by atoms with Crippen molar-refractivity contribution in [2.24, 2.45) is 0 Å². The predicted molar refractivity (Wildman–Crippen MR) is 118 cm³/mol. The first-order chi connectivity index (χ1) is 14.8. The highest BCUT2D eigenvalue weighted by Crippen LogP contribution is 2.37. The lowest BCUT2D eigenvalue weighted by molar-refractivity contribution is -0.385. The Balaban J connectivity index is 2.11. The molecule has 0 fully saturated rings. The van der Waals surface area contributed by atoms with E-state index < -0.39 is 28.4 Å². The molecule has 0 amide bonds. The number of phenolic OH excluding ortho intramolecular Hbond substituents is 1. The maximum absolute atomic E-state index is 13.0. The second-order valence-corrected chi connectivity index (χ2v) is 7.07. The zero-order valence-electron chi connectivity index (χ0n) is 16.9. The Morgan fingerprint density at radius 3 is 2.61 bits per heavy atom. The lowest BCUT2D eigenvalue weighted by Crippen LogP contribution is -2.48. The number of methoxy groups -OCH3 is 1. The fraction of sp³-hybridized carbons (Fsp3) is 0.238. The molecule has 1 aliphatic heterocycles. The van der Waals surface area contributed by atoms with Gasteiger partial charge in [0.1, 0.15) is 6.61 Å². The molecule has 10 heteroatoms. The van der Waals surface area contributed by atoms with Gasteiger partial charge < -0.3 is 19.9 Å². The van der Waals surface area contributed by atoms with E-state index in [1.165, 1.54) is 25.3 Å². The minimum atomic E-state index is -0.804. The van der Waals surface area contributed by atoms with Crippen LogP contribution in [0.25, 0.3) is 0 Å². The summed E-state index contributed by atoms with van der Waals surface area (Å²) in [7, 11) is 1.49. The maximum atomic E-state index is 13.0. The van der Waals surface area contributed by atoms with Crippen LogP contribution in [0, 0.1) is 10.1 Å². The average Bonchev–Trinajstić information content (AvgIpc) is 2.74. The molecule has 0 radical (unpaired) electrons. The summed E-state index contributed by atoms with van der Waals surface area (Å²) < 4.78 is 10.3. The first kappa shape index (κ1) is 22.2. The number of nitrogens with zero attached hydrogens (tertiary/aromatic N) is 2. The number of nitro groups is 1. The fourth-order valence-corrected chi connectivity index (χ4v) is 3.67. The van der Waals surface area contributed by atoms with Gasteiger partial charge in [-0.15, -0.1) is 0 Å². The summed E-state index contributed by atoms with van der Waals surface area (Å²) in [5.41, 5.74) is 1.43. The molecular weight excluding hydrogens is 422 g/mol. The average molecular weight is 443 g/mol. The van der Waals surface area contributed by atoms with Crippen LogP contribution in [0.3, 0.4) is 0 Å². The van der Waals surface area contributed by atoms with Crippen molar-refractivity contribution in [3.8, 4) is 5.75 Å². The van der Waals surface area contributed by atoms with Crippen LogP contribution in [-0.2, 0) is 14.3 Å². The number of esters is 1. The molecular formula is C21H21N3O6S. The van der Waals surface area contributed by atoms with Crippen molar-refractivity contribution in [3.05, 3.63) is 75.5 Å². The second-order valence-electron chi connectivity index (χ2n) is 6.69. The van der Waals surface area contributed by atoms with Gasteiger partial charge in [0.05, 0.1) is 23.1 Å². The van der Waals surface area contributed by atoms with E-state index in [1.807, 2.05) is 30.3 Å². The third kappa shape index (κ3) is 4.65. The summed E-state index contributed by atoms with van der Waals surface area (Å²) in [4.78, 5) is 25.3. The Bertz CT molecular complexity index is 1040. The molecule has 3 rings (SSSR count). The van der Waals surface area contributed by atoms with E-state index in [0.717, 1.165) is 5.69 Å². The Hall–Kier alpha value is -3.50. The summed E-state index contributed by atoms with van der Waals surface area (Å²) in [6, 6.07) is 12.4. The Morgan fingerprint density at radius 2 is 1.97 bits per heavy atom. The number of allylic oxidation sites excluding steroid dienone is 1. The third-order valence-electron chi connectivity index (χ3n) is 4.77. The predicted octanol–water partition coefficient (Wildman–Crippen LogP) is 3.20. The van der Waals surface area contributed by atoms with Crippen LogP contribution in [0.4, 0.5) is 11.4 Å². The molecule has 0 spiro atoms. The lowest BCUT2D eigenvalue weighted by atomic mass is 9.94. The summed E-state index contributed by atoms with van der Waals surface area (Å²) in [6.07, 6.45) is 0. The van der Waals surface area contributed by atoms with Crippen molar-refractivity contribution in [3.63, 3.8) is 0 Å². The highest BCUT2D eigenvalue weighted by Gasteiger charge is 2.36. The Labute approximate surface area is 184 Å². The van der Waals surface area contributed by atoms with Crippen LogP contribution in [0.5, 0.6) is 5.75 Å². The molecule has 0 aliphatic carbocycles. The van der Waals surface area contributed by atoms with E-state index in [1.54, 1.807) is 11.8 Å². The molecule has 31 heavy (non-hydrogen) atoms. The molecule has 2 aromatic rings. The molecule has 2 aromatic carbocycles. The number of carbonyl (C=O) groups excluding carboxylic acids is 1. The number of hydrogen-bond donors (Lipinski definition) is 2. The summed E-state index contributed by atoms with van der Waals surface area (Å²) in [6.45, 7) is 2.00. The van der Waals surface area contributed by atoms with Gasteiger partial charge in [0.25, 0.3) is 0 Å². The van der Waals surface area contributed by atoms with Crippen LogP contribution in [0.2, 0.25) is 0 Å². The van der Waals surface area contributed by atoms with Crippen LogP contribution < -0.4 is 10.2 Å². The van der Waals surface area contributed by atoms with E-state index in [9.17, 15) is 20.0 Å². The minimum Gasteiger partial charge on any atom is -0.502 e. The van der Waals surface area contributed by atoms with Crippen molar-refractivity contribution < 1.29 is 24.3 Å². The topological polar surface area (TPSA) is 114 Å². The van der Waals surface area contributed by atoms with Gasteiger partial charge in [-0.3, -0.25) is 15.0 Å². The number of benzene rings is 2. The minimum absolute atomic E-state index is 0.0460. The van der Waals surface area contributed by atoms with Crippen LogP contribution in [0.15, 0.2) is 59.8 Å². The number of phenols is 1. The van der Waals surface area contributed by atoms with Gasteiger partial charge in [-0.1, -0.05) is 24.3 Å². The van der Waals surface area contributed by atoms with Crippen LogP contribution in [-0.4, -0.2) is 41.4 Å². The molecule has 1 atom stereocenters. The molecule has 1 aliphatic rings. The monoisotopic (exact) mass is 443 g/mol. The van der Waals surface area contributed by atoms with E-state index in [0.29, 0.717) is 16.4 Å². The molecule has 162 valence electrons. The molecule has 0 aromatic heterocycles. The highest BCUT2D eigenvalue weighted by molar-refractivity contribution is 7.80. The maximum Gasteiger partial charge on any atom is 0.338 e. The second kappa shape index (κ2) is 9.54. The standard InChI is InChI=1S/C21H21N3O6S/c1-13-18(20(26)30-11-10-29-2)19(14-8-9-17(25)16(12-14)24(27)28)22-21(31)23(13)15-6-4-3-5-7-15/h3-9,12,19,25H,10-11H2,1-2H3,(H,22,31). The van der Waals surface area contributed by atoms with E-state index in [-0.39, 0.29) is 18.8 Å². The van der Waals surface area contributed by atoms with Crippen molar-refractivity contribution in [1.29, 1.82) is 0 Å². The Kier molecular flexibility index (Phi) is 6.83. The molecule has 0 saturated carbocycles. The molecule has 0 bridgehead atoms. The number of para-hydroxylation sites is 1. The largest absolute Gasteiger partial charge is 0.502 e. The van der Waals surface area contributed by atoms with Gasteiger partial charge in [0.2, 0.25) is 0 Å². The summed E-state index contributed by atoms with van der Waals surface area (Å²) in [5, 5.41) is 24.5. The van der Waals surface area contributed by atoms with Crippen LogP contribution in [0.1, 0.15) is 18.5 Å². The molecule has 2 N–H and O–H groups in total. The molecule has 1 unspecified atom stereocenters. The number of thiocarbonyl (C=S) groups is 1. The van der Waals surface area contributed by atoms with Crippen molar-refractivity contribution in [1.82, 2.24) is 5.32 Å². The number of nitrogens with one attached hydrogen (secondary N) is 1. The summed E-state index contributed by atoms with van der Waals surface area (Å²) in [5.74, 6) is -1.07. The molecule has 0 saturated heterocycles. The number of rotatable bonds is 7. The lowest BCUT2D eigenvalue weighted by Gasteiger charge is -2.37. The van der Waals surface area contributed by atoms with Gasteiger partial charge in [-0.2, -0.15) is 0 Å². The van der Waals surface area contributed by atoms with Gasteiger partial charge >= 0.3 is 11.7 Å². The number of ether oxygens (including phenoxy) is 2. The third-order valence-corrected chi connectivity index (χ3v) is 5.07. The van der Waals surface area contributed by atoms with Gasteiger partial charge in [-0.05, 0) is 42.9 Å². The van der Waals surface area contributed by atoms with Crippen LogP contribution >= 0.6 is 12.2 Å². The van der Waals surface area contributed by atoms with Gasteiger partial charge in [0, 0.05) is 24.6 Å². The first-order valence-corrected chi connectivity index (χ1v) is 9.75. The quantitative estimate of drug-likeness (QED) is 0.219. The van der Waals surface area contributed by atoms with Crippen molar-refractivity contribution >= 4 is 34.7 Å². The number of aromatic hydroxyl groups is 1. The fourth-order valence-electron chi connectivity index (χ4n) is 3.31. The van der Waals surface area contributed by atoms with Crippen molar-refractivity contribution in [2.75, 3.05) is 25.2 Å². The van der Waals surface area contributed by atoms with E-state index in [4.69, 9.17) is 21.7 Å². The van der Waals surface area contributed by atoms with E-state index in [2.05, 4.69) is 5.32 Å². The number of nitro benzene ring substituents is 1. The normalized spacial score (nSPS) is 16.1. The SMILES string of the molecule is COCCOC(=O)C1=C(C)N(c2ccccc2)C(=S)NC1c1ccc(O)c([N+](=O)[O-])c1.